The Morgan fingerprint density at radius 3 is 2.54 bits per heavy atom. The third kappa shape index (κ3) is 7.22. The third-order valence-electron chi connectivity index (χ3n) is 6.43. The topological polar surface area (TPSA) is 86.9 Å². The van der Waals surface area contributed by atoms with Crippen LogP contribution in [0, 0.1) is 11.8 Å². The number of nitrogens with zero attached hydrogens (tertiary/aromatic N) is 4. The first-order valence-electron chi connectivity index (χ1n) is 12.3. The van der Waals surface area contributed by atoms with Gasteiger partial charge in [-0.05, 0) is 42.8 Å². The van der Waals surface area contributed by atoms with Gasteiger partial charge in [-0.15, -0.1) is 0 Å². The molecule has 0 spiro atoms. The number of halogens is 3. The Morgan fingerprint density at radius 2 is 1.85 bits per heavy atom. The molecule has 1 fully saturated rings. The number of nitrogens with one attached hydrogen (secondary N) is 1. The second kappa shape index (κ2) is 12.1. The van der Waals surface area contributed by atoms with Crippen molar-refractivity contribution in [2.45, 2.75) is 12.7 Å². The zero-order valence-electron chi connectivity index (χ0n) is 21.7. The molecule has 0 atom stereocenters. The number of nitrogens with two attached hydrogens (primary N) is 1. The summed E-state index contributed by atoms with van der Waals surface area (Å²) in [6.45, 7) is 3.20. The van der Waals surface area contributed by atoms with Gasteiger partial charge in [0, 0.05) is 74.7 Å². The number of carbonyl (C=O) groups is 1. The Kier molecular flexibility index (Phi) is 8.64. The Bertz CT molecular complexity index is 1430. The van der Waals surface area contributed by atoms with Crippen molar-refractivity contribution in [3.8, 4) is 11.8 Å². The molecule has 7 nitrogen and oxygen atoms in total. The normalized spacial score (nSPS) is 14.9. The first-order valence-corrected chi connectivity index (χ1v) is 12.3. The molecule has 0 bridgehead atoms. The number of amides is 1. The monoisotopic (exact) mass is 534 g/mol. The number of para-hydroxylation sites is 1. The number of carbonyl (C=O) groups excluding carboxylic acids is 1. The number of alkyl halides is 3. The Morgan fingerprint density at radius 1 is 1.10 bits per heavy atom. The van der Waals surface area contributed by atoms with Crippen molar-refractivity contribution in [1.29, 1.82) is 0 Å². The van der Waals surface area contributed by atoms with Gasteiger partial charge < -0.3 is 16.0 Å². The molecule has 1 aliphatic rings. The summed E-state index contributed by atoms with van der Waals surface area (Å²) in [6.07, 6.45) is -1.74. The van der Waals surface area contributed by atoms with E-state index in [9.17, 15) is 18.0 Å². The van der Waals surface area contributed by atoms with Gasteiger partial charge in [0.1, 0.15) is 5.71 Å². The van der Waals surface area contributed by atoms with Crippen LogP contribution in [0.25, 0.3) is 0 Å². The van der Waals surface area contributed by atoms with Crippen LogP contribution in [0.5, 0.6) is 0 Å². The Balaban J connectivity index is 1.51. The minimum absolute atomic E-state index is 0.0471. The highest BCUT2D eigenvalue weighted by Crippen LogP contribution is 2.34. The second-order valence-electron chi connectivity index (χ2n) is 9.27. The molecule has 1 amide bonds. The molecule has 202 valence electrons. The number of likely N-dealkylation sites (N-methyl/N-ethyl adjacent to an activating group) is 1. The summed E-state index contributed by atoms with van der Waals surface area (Å²) in [7, 11) is 3.59. The number of rotatable bonds is 5. The van der Waals surface area contributed by atoms with E-state index in [0.717, 1.165) is 19.2 Å². The first-order chi connectivity index (χ1) is 18.6. The summed E-state index contributed by atoms with van der Waals surface area (Å²) in [4.78, 5) is 25.3. The van der Waals surface area contributed by atoms with E-state index in [0.29, 0.717) is 35.6 Å². The lowest BCUT2D eigenvalue weighted by molar-refractivity contribution is -0.138. The largest absolute Gasteiger partial charge is 0.416 e. The average Bonchev–Trinajstić information content (AvgIpc) is 2.91. The Labute approximate surface area is 225 Å². The number of aliphatic imine (C=N–C) groups is 1. The molecule has 39 heavy (non-hydrogen) atoms. The van der Waals surface area contributed by atoms with Crippen molar-refractivity contribution in [3.63, 3.8) is 0 Å². The van der Waals surface area contributed by atoms with Crippen LogP contribution in [0.4, 0.5) is 24.5 Å². The van der Waals surface area contributed by atoms with Crippen LogP contribution in [-0.2, 0) is 12.7 Å². The van der Waals surface area contributed by atoms with E-state index in [1.807, 2.05) is 24.1 Å². The van der Waals surface area contributed by atoms with E-state index in [-0.39, 0.29) is 23.4 Å². The number of aromatic nitrogens is 1. The highest BCUT2D eigenvalue weighted by Gasteiger charge is 2.34. The molecule has 0 saturated carbocycles. The molecule has 0 aliphatic carbocycles. The van der Waals surface area contributed by atoms with Gasteiger partial charge >= 0.3 is 6.18 Å². The summed E-state index contributed by atoms with van der Waals surface area (Å²) in [5, 5.41) is 2.56. The van der Waals surface area contributed by atoms with Crippen LogP contribution in [0.2, 0.25) is 0 Å². The summed E-state index contributed by atoms with van der Waals surface area (Å²) in [5.41, 5.74) is 7.77. The predicted octanol–water partition coefficient (Wildman–Crippen LogP) is 4.15. The van der Waals surface area contributed by atoms with E-state index in [1.54, 1.807) is 19.2 Å². The third-order valence-corrected chi connectivity index (χ3v) is 6.43. The number of hydrogen-bond donors (Lipinski definition) is 2. The van der Waals surface area contributed by atoms with Crippen molar-refractivity contribution in [1.82, 2.24) is 14.8 Å². The zero-order valence-corrected chi connectivity index (χ0v) is 21.7. The lowest BCUT2D eigenvalue weighted by Crippen LogP contribution is -2.44. The fraction of sp³-hybridized carbons (Fsp3) is 0.276. The van der Waals surface area contributed by atoms with Crippen LogP contribution >= 0.6 is 0 Å². The van der Waals surface area contributed by atoms with Crippen molar-refractivity contribution in [2.24, 2.45) is 4.99 Å². The summed E-state index contributed by atoms with van der Waals surface area (Å²) in [6, 6.07) is 12.6. The van der Waals surface area contributed by atoms with Crippen molar-refractivity contribution >= 4 is 23.0 Å². The molecule has 1 saturated heterocycles. The second-order valence-corrected chi connectivity index (χ2v) is 9.27. The lowest BCUT2D eigenvalue weighted by Gasteiger charge is -2.33. The van der Waals surface area contributed by atoms with Gasteiger partial charge in [-0.25, -0.2) is 0 Å². The minimum atomic E-state index is -4.56. The first kappa shape index (κ1) is 27.8. The van der Waals surface area contributed by atoms with Gasteiger partial charge in [-0.1, -0.05) is 30.2 Å². The van der Waals surface area contributed by atoms with Gasteiger partial charge in [0.05, 0.1) is 11.1 Å². The van der Waals surface area contributed by atoms with Crippen LogP contribution in [0.3, 0.4) is 0 Å². The molecule has 10 heteroatoms. The molecule has 0 unspecified atom stereocenters. The highest BCUT2D eigenvalue weighted by atomic mass is 19.4. The molecule has 1 aromatic heterocycles. The molecular formula is C29H29F3N6O. The number of hydrogen-bond acceptors (Lipinski definition) is 6. The number of piperazine rings is 1. The summed E-state index contributed by atoms with van der Waals surface area (Å²) < 4.78 is 41.7. The summed E-state index contributed by atoms with van der Waals surface area (Å²) >= 11 is 0. The molecular weight excluding hydrogens is 505 g/mol. The van der Waals surface area contributed by atoms with Gasteiger partial charge in [0.25, 0.3) is 5.91 Å². The maximum Gasteiger partial charge on any atom is 0.416 e. The van der Waals surface area contributed by atoms with Crippen molar-refractivity contribution in [2.75, 3.05) is 51.3 Å². The number of anilines is 2. The Hall–Kier alpha value is -4.20. The molecule has 2 aromatic carbocycles. The predicted molar refractivity (Wildman–Crippen MR) is 147 cm³/mol. The molecule has 0 radical (unpaired) electrons. The van der Waals surface area contributed by atoms with Crippen LogP contribution in [0.15, 0.2) is 65.9 Å². The van der Waals surface area contributed by atoms with E-state index < -0.39 is 17.6 Å². The highest BCUT2D eigenvalue weighted by molar-refractivity contribution is 6.16. The number of benzene rings is 2. The SMILES string of the molecule is CN=C(C#Cc1cncc(C(=O)Nc2ccc(CN3CCN(C)CC3)c(C(F)(F)F)c2)c1)c1ccccc1N. The smallest absolute Gasteiger partial charge is 0.398 e. The molecule has 4 rings (SSSR count). The lowest BCUT2D eigenvalue weighted by atomic mass is 10.0. The van der Waals surface area contributed by atoms with Crippen molar-refractivity contribution < 1.29 is 18.0 Å². The van der Waals surface area contributed by atoms with Gasteiger partial charge in [0.15, 0.2) is 0 Å². The van der Waals surface area contributed by atoms with Gasteiger partial charge in [-0.3, -0.25) is 19.7 Å². The van der Waals surface area contributed by atoms with E-state index in [4.69, 9.17) is 5.73 Å². The van der Waals surface area contributed by atoms with Crippen LogP contribution in [0.1, 0.15) is 32.6 Å². The van der Waals surface area contributed by atoms with Crippen molar-refractivity contribution in [3.05, 3.63) is 88.7 Å². The molecule has 1 aliphatic heterocycles. The molecule has 3 N–H and O–H groups in total. The van der Waals surface area contributed by atoms with Gasteiger partial charge in [0.2, 0.25) is 0 Å². The fourth-order valence-corrected chi connectivity index (χ4v) is 4.23. The maximum atomic E-state index is 13.9. The maximum absolute atomic E-state index is 13.9. The summed E-state index contributed by atoms with van der Waals surface area (Å²) in [5.74, 6) is 5.27. The van der Waals surface area contributed by atoms with E-state index in [2.05, 4.69) is 32.0 Å². The van der Waals surface area contributed by atoms with Crippen LogP contribution in [-0.4, -0.2) is 66.7 Å². The minimum Gasteiger partial charge on any atom is -0.398 e. The average molecular weight is 535 g/mol. The molecule has 3 aromatic rings. The van der Waals surface area contributed by atoms with E-state index >= 15 is 0 Å². The van der Waals surface area contributed by atoms with E-state index in [1.165, 1.54) is 30.6 Å². The van der Waals surface area contributed by atoms with Crippen LogP contribution < -0.4 is 11.1 Å². The molecule has 2 heterocycles. The number of pyridine rings is 1. The quantitative estimate of drug-likeness (QED) is 0.292. The van der Waals surface area contributed by atoms with Gasteiger partial charge in [-0.2, -0.15) is 13.2 Å². The number of nitrogen functional groups attached to an aromatic ring is 1. The standard InChI is InChI=1S/C29H29F3N6O/c1-34-27(24-5-3-4-6-26(24)33)10-7-20-15-22(18-35-17-20)28(39)36-23-9-8-21(25(16-23)29(30,31)32)19-38-13-11-37(2)12-14-38/h3-6,8-9,15-18H,11-14,19,33H2,1-2H3,(H,36,39). The fourth-order valence-electron chi connectivity index (χ4n) is 4.23. The zero-order chi connectivity index (χ0) is 28.0.